The van der Waals surface area contributed by atoms with Crippen molar-refractivity contribution in [3.05, 3.63) is 29.0 Å². The Morgan fingerprint density at radius 2 is 2.12 bits per heavy atom. The lowest BCUT2D eigenvalue weighted by Gasteiger charge is -2.10. The zero-order valence-corrected chi connectivity index (χ0v) is 10.4. The van der Waals surface area contributed by atoms with Gasteiger partial charge in [-0.1, -0.05) is 6.07 Å². The number of rotatable bonds is 3. The van der Waals surface area contributed by atoms with E-state index in [-0.39, 0.29) is 12.6 Å². The summed E-state index contributed by atoms with van der Waals surface area (Å²) in [4.78, 5) is 3.29. The fourth-order valence-electron chi connectivity index (χ4n) is 2.33. The molecule has 2 aromatic rings. The number of nitrogens with two attached hydrogens (primary N) is 1. The SMILES string of the molecule is COc1ccc(C)c2c(C(N)CO)c(C)[nH]c12. The highest BCUT2D eigenvalue weighted by Crippen LogP contribution is 2.34. The van der Waals surface area contributed by atoms with Crippen LogP contribution in [0.15, 0.2) is 12.1 Å². The summed E-state index contributed by atoms with van der Waals surface area (Å²) in [5.41, 5.74) is 9.98. The van der Waals surface area contributed by atoms with Gasteiger partial charge in [0.05, 0.1) is 25.3 Å². The van der Waals surface area contributed by atoms with Gasteiger partial charge in [0.15, 0.2) is 0 Å². The minimum atomic E-state index is -0.366. The van der Waals surface area contributed by atoms with E-state index in [1.54, 1.807) is 7.11 Å². The number of aryl methyl sites for hydroxylation is 2. The van der Waals surface area contributed by atoms with Crippen molar-refractivity contribution in [3.8, 4) is 5.75 Å². The van der Waals surface area contributed by atoms with E-state index in [4.69, 9.17) is 10.5 Å². The highest BCUT2D eigenvalue weighted by molar-refractivity contribution is 5.92. The number of hydrogen-bond acceptors (Lipinski definition) is 3. The lowest BCUT2D eigenvalue weighted by Crippen LogP contribution is -2.15. The van der Waals surface area contributed by atoms with Crippen molar-refractivity contribution in [2.45, 2.75) is 19.9 Å². The number of aromatic nitrogens is 1. The normalized spacial score (nSPS) is 13.0. The van der Waals surface area contributed by atoms with Crippen LogP contribution in [0.2, 0.25) is 0 Å². The number of aliphatic hydroxyl groups is 1. The van der Waals surface area contributed by atoms with E-state index in [2.05, 4.69) is 4.98 Å². The van der Waals surface area contributed by atoms with Crippen LogP contribution in [0.5, 0.6) is 5.75 Å². The Balaban J connectivity index is 2.80. The second-order valence-electron chi connectivity index (χ2n) is 4.29. The molecule has 0 saturated heterocycles. The maximum Gasteiger partial charge on any atom is 0.142 e. The first kappa shape index (κ1) is 12.0. The minimum absolute atomic E-state index is 0.0650. The van der Waals surface area contributed by atoms with Gasteiger partial charge < -0.3 is 20.6 Å². The molecule has 0 amide bonds. The molecule has 17 heavy (non-hydrogen) atoms. The predicted molar refractivity (Wildman–Crippen MR) is 68.3 cm³/mol. The predicted octanol–water partition coefficient (Wildman–Crippen LogP) is 1.79. The third kappa shape index (κ3) is 1.79. The van der Waals surface area contributed by atoms with Gasteiger partial charge in [0, 0.05) is 11.1 Å². The second-order valence-corrected chi connectivity index (χ2v) is 4.29. The summed E-state index contributed by atoms with van der Waals surface area (Å²) >= 11 is 0. The Bertz CT molecular complexity index is 546. The quantitative estimate of drug-likeness (QED) is 0.758. The van der Waals surface area contributed by atoms with Crippen molar-refractivity contribution in [3.63, 3.8) is 0 Å². The maximum absolute atomic E-state index is 9.24. The second kappa shape index (κ2) is 4.39. The van der Waals surface area contributed by atoms with Gasteiger partial charge in [-0.05, 0) is 31.0 Å². The molecule has 0 bridgehead atoms. The number of methoxy groups -OCH3 is 1. The van der Waals surface area contributed by atoms with Gasteiger partial charge >= 0.3 is 0 Å². The van der Waals surface area contributed by atoms with Crippen molar-refractivity contribution in [2.24, 2.45) is 5.73 Å². The van der Waals surface area contributed by atoms with Crippen LogP contribution in [0.4, 0.5) is 0 Å². The van der Waals surface area contributed by atoms with E-state index in [1.165, 1.54) is 0 Å². The molecule has 92 valence electrons. The molecule has 0 saturated carbocycles. The molecule has 4 nitrogen and oxygen atoms in total. The molecule has 0 radical (unpaired) electrons. The van der Waals surface area contributed by atoms with Crippen LogP contribution in [0.1, 0.15) is 22.9 Å². The van der Waals surface area contributed by atoms with Crippen molar-refractivity contribution < 1.29 is 9.84 Å². The van der Waals surface area contributed by atoms with Gasteiger partial charge in [0.25, 0.3) is 0 Å². The molecule has 0 aliphatic rings. The van der Waals surface area contributed by atoms with Crippen molar-refractivity contribution in [1.82, 2.24) is 4.98 Å². The topological polar surface area (TPSA) is 71.3 Å². The zero-order valence-electron chi connectivity index (χ0n) is 10.4. The van der Waals surface area contributed by atoms with Gasteiger partial charge in [-0.25, -0.2) is 0 Å². The monoisotopic (exact) mass is 234 g/mol. The average molecular weight is 234 g/mol. The van der Waals surface area contributed by atoms with Crippen molar-refractivity contribution in [2.75, 3.05) is 13.7 Å². The molecule has 1 atom stereocenters. The van der Waals surface area contributed by atoms with Gasteiger partial charge in [-0.2, -0.15) is 0 Å². The summed E-state index contributed by atoms with van der Waals surface area (Å²) < 4.78 is 5.33. The molecule has 0 aliphatic heterocycles. The molecule has 0 fully saturated rings. The van der Waals surface area contributed by atoms with E-state index < -0.39 is 0 Å². The minimum Gasteiger partial charge on any atom is -0.495 e. The Kier molecular flexibility index (Phi) is 3.09. The van der Waals surface area contributed by atoms with Crippen LogP contribution in [-0.2, 0) is 0 Å². The standard InChI is InChI=1S/C13H18N2O2/c1-7-4-5-10(17-3)13-11(7)12(8(2)15-13)9(14)6-16/h4-5,9,15-16H,6,14H2,1-3H3. The molecule has 2 rings (SSSR count). The number of ether oxygens (including phenoxy) is 1. The molecule has 1 unspecified atom stereocenters. The smallest absolute Gasteiger partial charge is 0.142 e. The number of H-pyrrole nitrogens is 1. The van der Waals surface area contributed by atoms with Gasteiger partial charge in [0.1, 0.15) is 5.75 Å². The Hall–Kier alpha value is -1.52. The molecular formula is C13H18N2O2. The number of nitrogens with one attached hydrogen (secondary N) is 1. The van der Waals surface area contributed by atoms with Gasteiger partial charge in [-0.3, -0.25) is 0 Å². The van der Waals surface area contributed by atoms with Gasteiger partial charge in [0.2, 0.25) is 0 Å². The largest absolute Gasteiger partial charge is 0.495 e. The lowest BCUT2D eigenvalue weighted by atomic mass is 10.0. The molecule has 0 aliphatic carbocycles. The third-order valence-electron chi connectivity index (χ3n) is 3.15. The van der Waals surface area contributed by atoms with Crippen molar-refractivity contribution in [1.29, 1.82) is 0 Å². The first-order valence-electron chi connectivity index (χ1n) is 5.62. The molecular weight excluding hydrogens is 216 g/mol. The highest BCUT2D eigenvalue weighted by atomic mass is 16.5. The molecule has 4 heteroatoms. The summed E-state index contributed by atoms with van der Waals surface area (Å²) in [5, 5.41) is 10.3. The summed E-state index contributed by atoms with van der Waals surface area (Å²) in [7, 11) is 1.64. The van der Waals surface area contributed by atoms with Crippen LogP contribution in [0.25, 0.3) is 10.9 Å². The van der Waals surface area contributed by atoms with E-state index >= 15 is 0 Å². The average Bonchev–Trinajstić information content (AvgIpc) is 2.67. The third-order valence-corrected chi connectivity index (χ3v) is 3.15. The number of hydrogen-bond donors (Lipinski definition) is 3. The first-order chi connectivity index (χ1) is 8.10. The summed E-state index contributed by atoms with van der Waals surface area (Å²) in [6.07, 6.45) is 0. The van der Waals surface area contributed by atoms with Crippen molar-refractivity contribution >= 4 is 10.9 Å². The van der Waals surface area contributed by atoms with Crippen LogP contribution in [0.3, 0.4) is 0 Å². The molecule has 1 aromatic heterocycles. The van der Waals surface area contributed by atoms with E-state index in [0.29, 0.717) is 0 Å². The Morgan fingerprint density at radius 3 is 2.71 bits per heavy atom. The molecule has 4 N–H and O–H groups in total. The van der Waals surface area contributed by atoms with Crippen LogP contribution in [0, 0.1) is 13.8 Å². The highest BCUT2D eigenvalue weighted by Gasteiger charge is 2.18. The Morgan fingerprint density at radius 1 is 1.41 bits per heavy atom. The summed E-state index contributed by atoms with van der Waals surface area (Å²) in [6, 6.07) is 3.57. The van der Waals surface area contributed by atoms with E-state index in [0.717, 1.165) is 33.5 Å². The van der Waals surface area contributed by atoms with Crippen LogP contribution in [-0.4, -0.2) is 23.8 Å². The van der Waals surface area contributed by atoms with Gasteiger partial charge in [-0.15, -0.1) is 0 Å². The zero-order chi connectivity index (χ0) is 12.6. The Labute approximate surface area is 100 Å². The number of aromatic amines is 1. The maximum atomic E-state index is 9.24. The van der Waals surface area contributed by atoms with E-state index in [9.17, 15) is 5.11 Å². The summed E-state index contributed by atoms with van der Waals surface area (Å²) in [5.74, 6) is 0.796. The molecule has 1 heterocycles. The number of benzene rings is 1. The summed E-state index contributed by atoms with van der Waals surface area (Å²) in [6.45, 7) is 3.93. The molecule has 0 spiro atoms. The molecule has 1 aromatic carbocycles. The van der Waals surface area contributed by atoms with Crippen LogP contribution < -0.4 is 10.5 Å². The first-order valence-corrected chi connectivity index (χ1v) is 5.62. The lowest BCUT2D eigenvalue weighted by molar-refractivity contribution is 0.268. The van der Waals surface area contributed by atoms with E-state index in [1.807, 2.05) is 26.0 Å². The number of aliphatic hydroxyl groups excluding tert-OH is 1. The number of fused-ring (bicyclic) bond motifs is 1. The van der Waals surface area contributed by atoms with Crippen LogP contribution >= 0.6 is 0 Å². The fourth-order valence-corrected chi connectivity index (χ4v) is 2.33. The fraction of sp³-hybridized carbons (Fsp3) is 0.385.